The van der Waals surface area contributed by atoms with Crippen molar-refractivity contribution in [1.29, 1.82) is 0 Å². The summed E-state index contributed by atoms with van der Waals surface area (Å²) < 4.78 is 0. The quantitative estimate of drug-likeness (QED) is 0.775. The Morgan fingerprint density at radius 1 is 1.50 bits per heavy atom. The van der Waals surface area contributed by atoms with Crippen molar-refractivity contribution in [2.24, 2.45) is 0 Å². The number of rotatable bonds is 6. The summed E-state index contributed by atoms with van der Waals surface area (Å²) in [6.07, 6.45) is 8.83. The lowest BCUT2D eigenvalue weighted by Crippen LogP contribution is -2.25. The van der Waals surface area contributed by atoms with Crippen molar-refractivity contribution in [3.8, 4) is 0 Å². The van der Waals surface area contributed by atoms with Gasteiger partial charge >= 0.3 is 0 Å². The van der Waals surface area contributed by atoms with Gasteiger partial charge in [0.05, 0.1) is 0 Å². The number of fused-ring (bicyclic) bond motifs is 1. The van der Waals surface area contributed by atoms with E-state index in [1.165, 1.54) is 44.4 Å². The predicted octanol–water partition coefficient (Wildman–Crippen LogP) is 3.86. The van der Waals surface area contributed by atoms with Gasteiger partial charge in [-0.05, 0) is 67.7 Å². The topological polar surface area (TPSA) is 12.0 Å². The lowest BCUT2D eigenvalue weighted by atomic mass is 9.94. The maximum atomic E-state index is 3.72. The van der Waals surface area contributed by atoms with Gasteiger partial charge in [-0.2, -0.15) is 11.8 Å². The molecule has 1 heterocycles. The Hall–Kier alpha value is 0.0100. The van der Waals surface area contributed by atoms with Gasteiger partial charge in [0.25, 0.3) is 0 Å². The van der Waals surface area contributed by atoms with Crippen LogP contribution in [-0.4, -0.2) is 18.6 Å². The molecule has 1 atom stereocenters. The molecular weight excluding hydrogens is 234 g/mol. The van der Waals surface area contributed by atoms with Crippen LogP contribution in [0.1, 0.15) is 42.2 Å². The normalized spacial score (nSPS) is 19.7. The first-order valence-electron chi connectivity index (χ1n) is 6.20. The Kier molecular flexibility index (Phi) is 5.20. The number of nitrogens with one attached hydrogen (secondary N) is 1. The van der Waals surface area contributed by atoms with Crippen LogP contribution >= 0.6 is 23.1 Å². The highest BCUT2D eigenvalue weighted by Crippen LogP contribution is 2.33. The molecule has 0 fully saturated rings. The minimum absolute atomic E-state index is 0.643. The fourth-order valence-electron chi connectivity index (χ4n) is 2.35. The fourth-order valence-corrected chi connectivity index (χ4v) is 3.83. The molecule has 1 aromatic rings. The summed E-state index contributed by atoms with van der Waals surface area (Å²) in [5, 5.41) is 5.97. The highest BCUT2D eigenvalue weighted by atomic mass is 32.2. The summed E-state index contributed by atoms with van der Waals surface area (Å²) in [4.78, 5) is 1.62. The third kappa shape index (κ3) is 3.25. The lowest BCUT2D eigenvalue weighted by molar-refractivity contribution is 0.459. The number of thiophene rings is 1. The van der Waals surface area contributed by atoms with Gasteiger partial charge in [-0.15, -0.1) is 11.3 Å². The third-order valence-electron chi connectivity index (χ3n) is 3.22. The van der Waals surface area contributed by atoms with Crippen LogP contribution < -0.4 is 5.32 Å². The molecule has 0 saturated heterocycles. The maximum absolute atomic E-state index is 3.72. The molecule has 0 amide bonds. The van der Waals surface area contributed by atoms with Crippen molar-refractivity contribution in [2.75, 3.05) is 18.6 Å². The molecule has 0 saturated carbocycles. The number of thioether (sulfide) groups is 1. The van der Waals surface area contributed by atoms with Gasteiger partial charge < -0.3 is 5.32 Å². The molecule has 1 aromatic heterocycles. The van der Waals surface area contributed by atoms with E-state index in [1.807, 2.05) is 23.1 Å². The molecule has 0 spiro atoms. The van der Waals surface area contributed by atoms with E-state index < -0.39 is 0 Å². The minimum atomic E-state index is 0.643. The summed E-state index contributed by atoms with van der Waals surface area (Å²) in [7, 11) is 0. The highest BCUT2D eigenvalue weighted by Gasteiger charge is 2.19. The van der Waals surface area contributed by atoms with Crippen LogP contribution in [0.25, 0.3) is 0 Å². The molecule has 16 heavy (non-hydrogen) atoms. The molecule has 0 radical (unpaired) electrons. The lowest BCUT2D eigenvalue weighted by Gasteiger charge is -2.23. The van der Waals surface area contributed by atoms with Crippen molar-refractivity contribution >= 4 is 23.1 Å². The van der Waals surface area contributed by atoms with Gasteiger partial charge in [-0.1, -0.05) is 0 Å². The highest BCUT2D eigenvalue weighted by molar-refractivity contribution is 7.98. The maximum Gasteiger partial charge on any atom is 0.0331 e. The minimum Gasteiger partial charge on any atom is -0.310 e. The molecule has 1 nitrogen and oxygen atoms in total. The average Bonchev–Trinajstić information content (AvgIpc) is 2.77. The van der Waals surface area contributed by atoms with E-state index in [2.05, 4.69) is 23.0 Å². The molecule has 0 bridgehead atoms. The molecule has 2 rings (SSSR count). The number of aryl methyl sites for hydroxylation is 1. The van der Waals surface area contributed by atoms with Crippen LogP contribution in [0.4, 0.5) is 0 Å². The molecule has 1 N–H and O–H groups in total. The van der Waals surface area contributed by atoms with Crippen LogP contribution in [0.5, 0.6) is 0 Å². The van der Waals surface area contributed by atoms with E-state index in [0.717, 1.165) is 0 Å². The third-order valence-corrected chi connectivity index (χ3v) is 4.91. The zero-order valence-corrected chi connectivity index (χ0v) is 11.6. The number of hydrogen-bond donors (Lipinski definition) is 1. The molecule has 3 heteroatoms. The first-order chi connectivity index (χ1) is 7.92. The number of hydrogen-bond acceptors (Lipinski definition) is 3. The Labute approximate surface area is 107 Å². The number of unbranched alkanes of at least 4 members (excludes halogenated alkanes) is 1. The Morgan fingerprint density at radius 2 is 2.44 bits per heavy atom. The second-order valence-electron chi connectivity index (χ2n) is 4.40. The summed E-state index contributed by atoms with van der Waals surface area (Å²) in [5.74, 6) is 1.30. The largest absolute Gasteiger partial charge is 0.310 e. The van der Waals surface area contributed by atoms with Crippen molar-refractivity contribution in [3.63, 3.8) is 0 Å². The van der Waals surface area contributed by atoms with E-state index >= 15 is 0 Å². The van der Waals surface area contributed by atoms with Crippen LogP contribution in [0.3, 0.4) is 0 Å². The van der Waals surface area contributed by atoms with Gasteiger partial charge in [-0.3, -0.25) is 0 Å². The van der Waals surface area contributed by atoms with Crippen molar-refractivity contribution in [3.05, 3.63) is 21.9 Å². The van der Waals surface area contributed by atoms with E-state index in [4.69, 9.17) is 0 Å². The molecule has 0 aliphatic heterocycles. The van der Waals surface area contributed by atoms with Crippen LogP contribution in [-0.2, 0) is 6.42 Å². The van der Waals surface area contributed by atoms with Crippen LogP contribution in [0.2, 0.25) is 0 Å². The Morgan fingerprint density at radius 3 is 3.31 bits per heavy atom. The molecule has 90 valence electrons. The van der Waals surface area contributed by atoms with Crippen LogP contribution in [0.15, 0.2) is 11.4 Å². The molecule has 1 unspecified atom stereocenters. The van der Waals surface area contributed by atoms with Crippen molar-refractivity contribution < 1.29 is 0 Å². The predicted molar refractivity (Wildman–Crippen MR) is 75.6 cm³/mol. The van der Waals surface area contributed by atoms with E-state index in [-0.39, 0.29) is 0 Å². The fraction of sp³-hybridized carbons (Fsp3) is 0.692. The molecule has 0 aromatic carbocycles. The van der Waals surface area contributed by atoms with Crippen molar-refractivity contribution in [1.82, 2.24) is 5.32 Å². The SMILES string of the molecule is CSCCCCNC1CCCc2sccc21. The summed E-state index contributed by atoms with van der Waals surface area (Å²) in [5.41, 5.74) is 1.58. The summed E-state index contributed by atoms with van der Waals surface area (Å²) in [6, 6.07) is 2.96. The van der Waals surface area contributed by atoms with Gasteiger partial charge in [0.1, 0.15) is 0 Å². The monoisotopic (exact) mass is 255 g/mol. The first kappa shape index (κ1) is 12.5. The van der Waals surface area contributed by atoms with Crippen LogP contribution in [0, 0.1) is 0 Å². The Balaban J connectivity index is 1.75. The standard InChI is InChI=1S/C13H21NS2/c1-15-9-3-2-8-14-12-5-4-6-13-11(12)7-10-16-13/h7,10,12,14H,2-6,8-9H2,1H3. The van der Waals surface area contributed by atoms with E-state index in [9.17, 15) is 0 Å². The summed E-state index contributed by atoms with van der Waals surface area (Å²) >= 11 is 3.88. The van der Waals surface area contributed by atoms with E-state index in [1.54, 1.807) is 10.4 Å². The second-order valence-corrected chi connectivity index (χ2v) is 6.38. The second kappa shape index (κ2) is 6.67. The molecule has 1 aliphatic rings. The summed E-state index contributed by atoms with van der Waals surface area (Å²) in [6.45, 7) is 1.18. The Bertz CT molecular complexity index is 309. The van der Waals surface area contributed by atoms with Gasteiger partial charge in [0.15, 0.2) is 0 Å². The average molecular weight is 255 g/mol. The van der Waals surface area contributed by atoms with Crippen molar-refractivity contribution in [2.45, 2.75) is 38.1 Å². The zero-order valence-electron chi connectivity index (χ0n) is 10.00. The zero-order chi connectivity index (χ0) is 11.2. The van der Waals surface area contributed by atoms with E-state index in [0.29, 0.717) is 6.04 Å². The molecular formula is C13H21NS2. The van der Waals surface area contributed by atoms with Gasteiger partial charge in [0.2, 0.25) is 0 Å². The molecule has 1 aliphatic carbocycles. The smallest absolute Gasteiger partial charge is 0.0331 e. The van der Waals surface area contributed by atoms with Gasteiger partial charge in [-0.25, -0.2) is 0 Å². The van der Waals surface area contributed by atoms with Gasteiger partial charge in [0, 0.05) is 10.9 Å². The first-order valence-corrected chi connectivity index (χ1v) is 8.47.